The molecule has 1 aliphatic carbocycles. The van der Waals surface area contributed by atoms with E-state index in [1.165, 1.54) is 54.1 Å². The molecule has 1 aromatic heterocycles. The largest absolute Gasteiger partial charge is 0.325 e. The molecular formula is C24H28ClN3OS. The molecule has 0 saturated heterocycles. The first-order chi connectivity index (χ1) is 14.1. The highest BCUT2D eigenvalue weighted by atomic mass is 35.5. The number of amides is 1. The number of benzene rings is 2. The van der Waals surface area contributed by atoms with Crippen LogP contribution in [0.1, 0.15) is 42.9 Å². The van der Waals surface area contributed by atoms with Crippen LogP contribution in [0.4, 0.5) is 5.69 Å². The molecule has 158 valence electrons. The summed E-state index contributed by atoms with van der Waals surface area (Å²) in [6, 6.07) is 16.9. The first kappa shape index (κ1) is 22.4. The van der Waals surface area contributed by atoms with Gasteiger partial charge < -0.3 is 9.88 Å². The van der Waals surface area contributed by atoms with Gasteiger partial charge in [0.2, 0.25) is 5.91 Å². The number of imidazole rings is 1. The van der Waals surface area contributed by atoms with Crippen molar-refractivity contribution >= 4 is 35.8 Å². The highest BCUT2D eigenvalue weighted by Crippen LogP contribution is 2.37. The number of hydrogen-bond acceptors (Lipinski definition) is 3. The van der Waals surface area contributed by atoms with Gasteiger partial charge in [0, 0.05) is 11.7 Å². The summed E-state index contributed by atoms with van der Waals surface area (Å²) in [5, 5.41) is 3.95. The predicted molar refractivity (Wildman–Crippen MR) is 128 cm³/mol. The Morgan fingerprint density at radius 1 is 1.10 bits per heavy atom. The Bertz CT molecular complexity index is 997. The van der Waals surface area contributed by atoms with Gasteiger partial charge in [0.25, 0.3) is 0 Å². The highest BCUT2D eigenvalue weighted by molar-refractivity contribution is 7.99. The molecule has 0 atom stereocenters. The van der Waals surface area contributed by atoms with E-state index in [0.29, 0.717) is 11.8 Å². The lowest BCUT2D eigenvalue weighted by Gasteiger charge is -2.18. The molecule has 3 aromatic rings. The van der Waals surface area contributed by atoms with Crippen LogP contribution in [-0.4, -0.2) is 21.2 Å². The smallest absolute Gasteiger partial charge is 0.234 e. The number of anilines is 1. The molecule has 1 aliphatic rings. The maximum absolute atomic E-state index is 12.5. The molecule has 4 rings (SSSR count). The third-order valence-corrected chi connectivity index (χ3v) is 6.61. The van der Waals surface area contributed by atoms with Gasteiger partial charge in [0.15, 0.2) is 5.16 Å². The summed E-state index contributed by atoms with van der Waals surface area (Å²) in [7, 11) is 0. The van der Waals surface area contributed by atoms with Gasteiger partial charge in [0.05, 0.1) is 17.6 Å². The van der Waals surface area contributed by atoms with E-state index in [1.807, 2.05) is 30.5 Å². The molecule has 0 aliphatic heterocycles. The number of aryl methyl sites for hydroxylation is 2. The van der Waals surface area contributed by atoms with E-state index in [2.05, 4.69) is 53.0 Å². The number of rotatable bonds is 6. The minimum Gasteiger partial charge on any atom is -0.325 e. The average molecular weight is 442 g/mol. The van der Waals surface area contributed by atoms with Crippen molar-refractivity contribution in [2.45, 2.75) is 50.7 Å². The number of nitrogens with one attached hydrogen (secondary N) is 1. The fraction of sp³-hybridized carbons (Fsp3) is 0.333. The second-order valence-corrected chi connectivity index (χ2v) is 8.68. The maximum atomic E-state index is 12.5. The van der Waals surface area contributed by atoms with Gasteiger partial charge in [-0.1, -0.05) is 61.0 Å². The monoisotopic (exact) mass is 441 g/mol. The summed E-state index contributed by atoms with van der Waals surface area (Å²) in [6.07, 6.45) is 6.83. The van der Waals surface area contributed by atoms with Crippen LogP contribution in [0.25, 0.3) is 11.3 Å². The molecule has 1 amide bonds. The topological polar surface area (TPSA) is 46.9 Å². The second kappa shape index (κ2) is 10.2. The standard InChI is InChI=1S/C24H27N3OS.ClH/c1-17-12-13-20(14-18(17)2)26-23(28)16-29-24-25-15-22(19-8-4-3-5-9-19)27(24)21-10-6-7-11-21;/h3-5,8-9,12-15,21H,6-7,10-11,16H2,1-2H3,(H,26,28);1H. The van der Waals surface area contributed by atoms with E-state index < -0.39 is 0 Å². The molecule has 1 heterocycles. The number of nitrogens with zero attached hydrogens (tertiary/aromatic N) is 2. The van der Waals surface area contributed by atoms with E-state index in [4.69, 9.17) is 0 Å². The highest BCUT2D eigenvalue weighted by Gasteiger charge is 2.24. The van der Waals surface area contributed by atoms with Crippen molar-refractivity contribution in [1.82, 2.24) is 9.55 Å². The minimum atomic E-state index is 0. The number of carbonyl (C=O) groups is 1. The van der Waals surface area contributed by atoms with Crippen LogP contribution in [0, 0.1) is 13.8 Å². The van der Waals surface area contributed by atoms with Crippen molar-refractivity contribution in [2.75, 3.05) is 11.1 Å². The van der Waals surface area contributed by atoms with Gasteiger partial charge in [-0.2, -0.15) is 0 Å². The van der Waals surface area contributed by atoms with Crippen molar-refractivity contribution in [1.29, 1.82) is 0 Å². The fourth-order valence-electron chi connectivity index (χ4n) is 3.93. The Morgan fingerprint density at radius 3 is 2.53 bits per heavy atom. The van der Waals surface area contributed by atoms with E-state index in [1.54, 1.807) is 0 Å². The van der Waals surface area contributed by atoms with Crippen LogP contribution in [0.15, 0.2) is 59.9 Å². The summed E-state index contributed by atoms with van der Waals surface area (Å²) < 4.78 is 2.36. The molecule has 1 saturated carbocycles. The Morgan fingerprint density at radius 2 is 1.83 bits per heavy atom. The van der Waals surface area contributed by atoms with E-state index in [-0.39, 0.29) is 18.3 Å². The van der Waals surface area contributed by atoms with Crippen molar-refractivity contribution in [3.8, 4) is 11.3 Å². The molecule has 4 nitrogen and oxygen atoms in total. The van der Waals surface area contributed by atoms with Gasteiger partial charge in [-0.3, -0.25) is 4.79 Å². The summed E-state index contributed by atoms with van der Waals surface area (Å²) in [4.78, 5) is 17.2. The first-order valence-electron chi connectivity index (χ1n) is 10.2. The lowest BCUT2D eigenvalue weighted by Crippen LogP contribution is -2.15. The number of hydrogen-bond donors (Lipinski definition) is 1. The van der Waals surface area contributed by atoms with Crippen LogP contribution in [-0.2, 0) is 4.79 Å². The fourth-order valence-corrected chi connectivity index (χ4v) is 4.78. The van der Waals surface area contributed by atoms with Crippen LogP contribution >= 0.6 is 24.2 Å². The lowest BCUT2D eigenvalue weighted by molar-refractivity contribution is -0.113. The third-order valence-electron chi connectivity index (χ3n) is 5.65. The molecule has 1 N–H and O–H groups in total. The first-order valence-corrected chi connectivity index (χ1v) is 11.2. The Hall–Kier alpha value is -2.24. The van der Waals surface area contributed by atoms with E-state index in [0.717, 1.165) is 16.5 Å². The molecule has 6 heteroatoms. The zero-order valence-corrected chi connectivity index (χ0v) is 19.1. The zero-order chi connectivity index (χ0) is 20.2. The van der Waals surface area contributed by atoms with E-state index >= 15 is 0 Å². The average Bonchev–Trinajstić information content (AvgIpc) is 3.39. The Balaban J connectivity index is 0.00000256. The SMILES string of the molecule is Cc1ccc(NC(=O)CSc2ncc(-c3ccccc3)n2C2CCCC2)cc1C.Cl. The van der Waals surface area contributed by atoms with Gasteiger partial charge in [-0.25, -0.2) is 4.98 Å². The maximum Gasteiger partial charge on any atom is 0.234 e. The number of aromatic nitrogens is 2. The van der Waals surface area contributed by atoms with Gasteiger partial charge in [0.1, 0.15) is 0 Å². The van der Waals surface area contributed by atoms with Crippen molar-refractivity contribution in [2.24, 2.45) is 0 Å². The summed E-state index contributed by atoms with van der Waals surface area (Å²) in [6.45, 7) is 4.13. The lowest BCUT2D eigenvalue weighted by atomic mass is 10.1. The normalized spacial score (nSPS) is 13.8. The Labute approximate surface area is 188 Å². The predicted octanol–water partition coefficient (Wildman–Crippen LogP) is 6.43. The third kappa shape index (κ3) is 5.08. The molecule has 0 bridgehead atoms. The number of thioether (sulfide) groups is 1. The molecule has 30 heavy (non-hydrogen) atoms. The number of halogens is 1. The van der Waals surface area contributed by atoms with Crippen LogP contribution < -0.4 is 5.32 Å². The van der Waals surface area contributed by atoms with Crippen molar-refractivity contribution in [3.05, 3.63) is 65.9 Å². The quantitative estimate of drug-likeness (QED) is 0.448. The van der Waals surface area contributed by atoms with Crippen molar-refractivity contribution < 1.29 is 4.79 Å². The van der Waals surface area contributed by atoms with Gasteiger partial charge in [-0.05, 0) is 55.5 Å². The Kier molecular flexibility index (Phi) is 7.62. The van der Waals surface area contributed by atoms with Gasteiger partial charge >= 0.3 is 0 Å². The summed E-state index contributed by atoms with van der Waals surface area (Å²) in [5.74, 6) is 0.353. The molecule has 0 spiro atoms. The second-order valence-electron chi connectivity index (χ2n) is 7.74. The van der Waals surface area contributed by atoms with Gasteiger partial charge in [-0.15, -0.1) is 12.4 Å². The van der Waals surface area contributed by atoms with Crippen LogP contribution in [0.5, 0.6) is 0 Å². The summed E-state index contributed by atoms with van der Waals surface area (Å²) >= 11 is 1.52. The van der Waals surface area contributed by atoms with Crippen molar-refractivity contribution in [3.63, 3.8) is 0 Å². The number of carbonyl (C=O) groups excluding carboxylic acids is 1. The molecule has 1 fully saturated rings. The minimum absolute atomic E-state index is 0. The van der Waals surface area contributed by atoms with E-state index in [9.17, 15) is 4.79 Å². The van der Waals surface area contributed by atoms with Crippen LogP contribution in [0.2, 0.25) is 0 Å². The van der Waals surface area contributed by atoms with Crippen LogP contribution in [0.3, 0.4) is 0 Å². The molecular weight excluding hydrogens is 414 g/mol. The molecule has 2 aromatic carbocycles. The molecule has 0 radical (unpaired) electrons. The zero-order valence-electron chi connectivity index (χ0n) is 17.4. The molecule has 0 unspecified atom stereocenters. The summed E-state index contributed by atoms with van der Waals surface area (Å²) in [5.41, 5.74) is 5.58.